The van der Waals surface area contributed by atoms with Gasteiger partial charge in [-0.15, -0.1) is 0 Å². The molecule has 5 N–H and O–H groups in total. The van der Waals surface area contributed by atoms with Crippen molar-refractivity contribution in [2.45, 2.75) is 115 Å². The van der Waals surface area contributed by atoms with Crippen LogP contribution in [0.3, 0.4) is 0 Å². The van der Waals surface area contributed by atoms with E-state index < -0.39 is 71.7 Å². The molecule has 1 aromatic heterocycles. The third-order valence-electron chi connectivity index (χ3n) is 9.92. The van der Waals surface area contributed by atoms with E-state index in [0.29, 0.717) is 17.9 Å². The van der Waals surface area contributed by atoms with E-state index in [1.807, 2.05) is 51.1 Å². The number of carbonyl (C=O) groups is 4. The molecule has 2 aromatic rings. The van der Waals surface area contributed by atoms with Gasteiger partial charge in [0.1, 0.15) is 18.0 Å². The molecule has 15 heteroatoms. The van der Waals surface area contributed by atoms with Crippen LogP contribution < -0.4 is 0 Å². The Balaban J connectivity index is 1.75. The number of carbonyl (C=O) groups excluding carboxylic acids is 2. The summed E-state index contributed by atoms with van der Waals surface area (Å²) >= 11 is 0. The minimum absolute atomic E-state index is 0.0786. The number of benzene rings is 1. The van der Waals surface area contributed by atoms with E-state index >= 15 is 0 Å². The Labute approximate surface area is 302 Å². The number of carboxylic acid groups (broad SMARTS) is 2. The monoisotopic (exact) mass is 727 g/mol. The van der Waals surface area contributed by atoms with Crippen molar-refractivity contribution in [3.63, 3.8) is 0 Å². The summed E-state index contributed by atoms with van der Waals surface area (Å²) in [6, 6.07) is 9.47. The first-order valence-electron chi connectivity index (χ1n) is 17.3. The van der Waals surface area contributed by atoms with E-state index in [-0.39, 0.29) is 29.9 Å². The van der Waals surface area contributed by atoms with Crippen molar-refractivity contribution in [2.75, 3.05) is 0 Å². The highest BCUT2D eigenvalue weighted by atomic mass is 16.8. The Morgan fingerprint density at radius 2 is 1.79 bits per heavy atom. The lowest BCUT2D eigenvalue weighted by Gasteiger charge is -2.49. The molecule has 2 bridgehead atoms. The Kier molecular flexibility index (Phi) is 12.5. The molecule has 2 aliphatic heterocycles. The number of ether oxygens (including phenoxy) is 4. The number of H-pyrrole nitrogens is 1. The van der Waals surface area contributed by atoms with Crippen molar-refractivity contribution < 1.29 is 58.6 Å². The van der Waals surface area contributed by atoms with Crippen LogP contribution in [-0.2, 0) is 44.5 Å². The van der Waals surface area contributed by atoms with Crippen LogP contribution in [0.2, 0.25) is 0 Å². The maximum atomic E-state index is 13.3. The molecule has 0 radical (unpaired) electrons. The van der Waals surface area contributed by atoms with Crippen LogP contribution in [0.25, 0.3) is 0 Å². The maximum Gasteiger partial charge on any atom is 0.344 e. The minimum Gasteiger partial charge on any atom is -0.479 e. The van der Waals surface area contributed by atoms with Gasteiger partial charge < -0.3 is 39.4 Å². The number of carboxylic acids is 2. The third kappa shape index (κ3) is 7.82. The van der Waals surface area contributed by atoms with Gasteiger partial charge in [0.25, 0.3) is 0 Å². The van der Waals surface area contributed by atoms with Gasteiger partial charge in [0, 0.05) is 25.3 Å². The second kappa shape index (κ2) is 16.1. The number of hydrogen-bond acceptors (Lipinski definition) is 12. The molecule has 52 heavy (non-hydrogen) atoms. The van der Waals surface area contributed by atoms with Gasteiger partial charge >= 0.3 is 23.9 Å². The van der Waals surface area contributed by atoms with Crippen LogP contribution in [0, 0.1) is 24.7 Å². The Morgan fingerprint density at radius 1 is 1.12 bits per heavy atom. The van der Waals surface area contributed by atoms with Crippen LogP contribution in [0.5, 0.6) is 0 Å². The van der Waals surface area contributed by atoms with Gasteiger partial charge in [-0.25, -0.2) is 19.4 Å². The van der Waals surface area contributed by atoms with Crippen LogP contribution in [0.15, 0.2) is 54.6 Å². The number of nitrogens with one attached hydrogen (secondary N) is 1. The molecule has 0 aliphatic carbocycles. The highest BCUT2D eigenvalue weighted by molar-refractivity contribution is 5.94. The Morgan fingerprint density at radius 3 is 2.35 bits per heavy atom. The number of aliphatic hydroxyl groups excluding tert-OH is 1. The summed E-state index contributed by atoms with van der Waals surface area (Å²) in [5, 5.41) is 51.5. The van der Waals surface area contributed by atoms with Gasteiger partial charge in [-0.1, -0.05) is 77.1 Å². The van der Waals surface area contributed by atoms with Crippen LogP contribution in [0.1, 0.15) is 83.6 Å². The number of aliphatic carboxylic acids is 2. The van der Waals surface area contributed by atoms with Crippen molar-refractivity contribution in [2.24, 2.45) is 17.8 Å². The summed E-state index contributed by atoms with van der Waals surface area (Å²) in [6.45, 7) is 14.7. The molecular weight excluding hydrogens is 678 g/mol. The summed E-state index contributed by atoms with van der Waals surface area (Å²) < 4.78 is 23.2. The molecule has 10 atom stereocenters. The number of aryl methyl sites for hydroxylation is 1. The fraction of sp³-hybridized carbons (Fsp3) is 0.568. The average Bonchev–Trinajstić information content (AvgIpc) is 3.61. The Bertz CT molecular complexity index is 1660. The molecule has 15 nitrogen and oxygen atoms in total. The molecule has 0 spiro atoms. The predicted molar refractivity (Wildman–Crippen MR) is 183 cm³/mol. The molecule has 2 aliphatic rings. The summed E-state index contributed by atoms with van der Waals surface area (Å²) in [5.74, 6) is -8.58. The average molecular weight is 728 g/mol. The number of nitrogens with zero attached hydrogens (tertiary/aromatic N) is 2. The standard InChI is InChI=1S/C37H49N3O12/c1-8-20(2)18-21(3)14-15-27(42)50-30-29(43)35(17-16-22(4)28(49-25(7)41)23(5)19-26-12-10-9-11-13-26)51-31(32-38-24(6)39-40-32)36(48,33(44)45)37(30,52-35)34(46)47/h9-15,20-21,23,28-31,43,48H,4,8,16-19H2,1-3,5-7H3,(H,44,45)(H,46,47)(H,38,39,40)/b15-14+/t20-,21+,23+,28+,29+,30+,31+,35-,36+,37-/m0/s1. The minimum atomic E-state index is -3.54. The molecule has 2 saturated heterocycles. The topological polar surface area (TPSA) is 228 Å². The smallest absolute Gasteiger partial charge is 0.344 e. The van der Waals surface area contributed by atoms with Gasteiger partial charge in [0.05, 0.1) is 0 Å². The number of esters is 2. The number of aromatic amines is 1. The zero-order valence-corrected chi connectivity index (χ0v) is 30.3. The van der Waals surface area contributed by atoms with Crippen LogP contribution in [-0.4, -0.2) is 94.8 Å². The Hall–Kier alpha value is -4.44. The van der Waals surface area contributed by atoms with Crippen molar-refractivity contribution in [3.05, 3.63) is 71.8 Å². The van der Waals surface area contributed by atoms with Gasteiger partial charge in [0.2, 0.25) is 17.0 Å². The molecular formula is C37H49N3O12. The normalized spacial score (nSPS) is 29.2. The lowest BCUT2D eigenvalue weighted by Crippen LogP contribution is -2.74. The highest BCUT2D eigenvalue weighted by Crippen LogP contribution is 2.59. The number of hydrogen-bond donors (Lipinski definition) is 5. The summed E-state index contributed by atoms with van der Waals surface area (Å²) in [4.78, 5) is 55.9. The zero-order chi connectivity index (χ0) is 38.6. The molecule has 0 unspecified atom stereocenters. The van der Waals surface area contributed by atoms with E-state index in [9.17, 15) is 39.6 Å². The van der Waals surface area contributed by atoms with E-state index in [1.54, 1.807) is 6.08 Å². The van der Waals surface area contributed by atoms with Crippen LogP contribution >= 0.6 is 0 Å². The number of aliphatic hydroxyl groups is 2. The molecule has 3 heterocycles. The highest BCUT2D eigenvalue weighted by Gasteiger charge is 2.85. The zero-order valence-electron chi connectivity index (χ0n) is 30.3. The van der Waals surface area contributed by atoms with E-state index in [0.717, 1.165) is 24.5 Å². The number of fused-ring (bicyclic) bond motifs is 2. The van der Waals surface area contributed by atoms with Gasteiger partial charge in [-0.05, 0) is 49.2 Å². The first-order chi connectivity index (χ1) is 24.4. The number of allylic oxidation sites excluding steroid dienone is 1. The second-order valence-electron chi connectivity index (χ2n) is 14.0. The van der Waals surface area contributed by atoms with Gasteiger partial charge in [-0.3, -0.25) is 9.89 Å². The van der Waals surface area contributed by atoms with E-state index in [2.05, 4.69) is 28.7 Å². The number of aromatic nitrogens is 3. The first kappa shape index (κ1) is 40.3. The number of rotatable bonds is 17. The van der Waals surface area contributed by atoms with Crippen molar-refractivity contribution >= 4 is 23.9 Å². The fourth-order valence-corrected chi connectivity index (χ4v) is 7.09. The summed E-state index contributed by atoms with van der Waals surface area (Å²) in [6.07, 6.45) is -3.21. The molecule has 0 amide bonds. The molecule has 4 rings (SSSR count). The quantitative estimate of drug-likeness (QED) is 0.0892. The molecule has 284 valence electrons. The molecule has 1 aromatic carbocycles. The lowest BCUT2D eigenvalue weighted by molar-refractivity contribution is -0.383. The van der Waals surface area contributed by atoms with Gasteiger partial charge in [-0.2, -0.15) is 5.10 Å². The SMILES string of the molecule is C=C(CC[C@]12O[C@H](c3nc(C)n[nH]3)[C@@](O)(C(=O)O)[C@](C(=O)O)(O1)[C@H](OC(=O)/C=C/[C@@H](C)C[C@@H](C)CC)[C@H]2O)[C@@H](OC(C)=O)[C@H](C)Cc1ccccc1. The largest absolute Gasteiger partial charge is 0.479 e. The van der Waals surface area contributed by atoms with Crippen molar-refractivity contribution in [3.8, 4) is 0 Å². The summed E-state index contributed by atoms with van der Waals surface area (Å²) in [5.41, 5.74) is -5.55. The first-order valence-corrected chi connectivity index (χ1v) is 17.3. The van der Waals surface area contributed by atoms with Gasteiger partial charge in [0.15, 0.2) is 18.0 Å². The maximum absolute atomic E-state index is 13.3. The predicted octanol–water partition coefficient (Wildman–Crippen LogP) is 3.60. The molecule has 0 saturated carbocycles. The van der Waals surface area contributed by atoms with E-state index in [4.69, 9.17) is 18.9 Å². The lowest BCUT2D eigenvalue weighted by atomic mass is 9.74. The fourth-order valence-electron chi connectivity index (χ4n) is 7.09. The second-order valence-corrected chi connectivity index (χ2v) is 14.0. The van der Waals surface area contributed by atoms with Crippen LogP contribution in [0.4, 0.5) is 0 Å². The van der Waals surface area contributed by atoms with Crippen molar-refractivity contribution in [1.82, 2.24) is 15.2 Å². The summed E-state index contributed by atoms with van der Waals surface area (Å²) in [7, 11) is 0. The third-order valence-corrected chi connectivity index (χ3v) is 9.92. The van der Waals surface area contributed by atoms with E-state index in [1.165, 1.54) is 13.8 Å². The molecule has 2 fully saturated rings. The van der Waals surface area contributed by atoms with Crippen molar-refractivity contribution in [1.29, 1.82) is 0 Å².